The highest BCUT2D eigenvalue weighted by molar-refractivity contribution is 6.76. The molecular weight excluding hydrogens is 604 g/mol. The van der Waals surface area contributed by atoms with Crippen molar-refractivity contribution in [3.05, 3.63) is 77.4 Å². The minimum Gasteiger partial charge on any atom is -0.494 e. The predicted octanol–water partition coefficient (Wildman–Crippen LogP) is 7.29. The van der Waals surface area contributed by atoms with E-state index in [2.05, 4.69) is 19.6 Å². The third-order valence-electron chi connectivity index (χ3n) is 7.86. The first-order valence-electron chi connectivity index (χ1n) is 15.9. The summed E-state index contributed by atoms with van der Waals surface area (Å²) in [5, 5.41) is 0. The quantitative estimate of drug-likeness (QED) is 0.120. The number of ether oxygens (including phenoxy) is 7. The van der Waals surface area contributed by atoms with Gasteiger partial charge in [-0.2, -0.15) is 0 Å². The van der Waals surface area contributed by atoms with Gasteiger partial charge in [-0.15, -0.1) is 0 Å². The second-order valence-corrected chi connectivity index (χ2v) is 19.1. The predicted molar refractivity (Wildman–Crippen MR) is 179 cm³/mol. The summed E-state index contributed by atoms with van der Waals surface area (Å²) in [6, 6.07) is 13.4. The van der Waals surface area contributed by atoms with Gasteiger partial charge in [0.05, 0.1) is 18.3 Å². The minimum atomic E-state index is -1.33. The standard InChI is InChI=1S/C36H48O9Si/c1-24-17-18-29(43-34(37)26-13-10-9-11-14-26)33-30(44-36(3,4)45-33)16-12-15-27-21-28(40-19-20-46(6,7)8)22-31(41-23-39-5)32(27)35(38)42-25(24)2/h9-15,17-18,21-22,24-25,29-30,33H,16,19-20,23H2,1-8H3/b15-12+,18-17-/t24-,25?,29?,30+,33-/m1/s1. The van der Waals surface area contributed by atoms with Crippen LogP contribution >= 0.6 is 0 Å². The highest BCUT2D eigenvalue weighted by Gasteiger charge is 2.45. The van der Waals surface area contributed by atoms with Crippen LogP contribution in [0.4, 0.5) is 0 Å². The summed E-state index contributed by atoms with van der Waals surface area (Å²) in [5.41, 5.74) is 1.29. The van der Waals surface area contributed by atoms with E-state index in [1.165, 1.54) is 7.11 Å². The number of esters is 2. The number of fused-ring (bicyclic) bond motifs is 2. The molecule has 0 spiro atoms. The zero-order valence-corrected chi connectivity index (χ0v) is 29.2. The van der Waals surface area contributed by atoms with Gasteiger partial charge >= 0.3 is 11.9 Å². The molecule has 4 rings (SSSR count). The molecule has 5 atom stereocenters. The Bertz CT molecular complexity index is 1400. The number of carbonyl (C=O) groups excluding carboxylic acids is 2. The van der Waals surface area contributed by atoms with Gasteiger partial charge in [0.25, 0.3) is 0 Å². The Morgan fingerprint density at radius 1 is 1.02 bits per heavy atom. The molecule has 0 amide bonds. The van der Waals surface area contributed by atoms with Gasteiger partial charge < -0.3 is 33.2 Å². The largest absolute Gasteiger partial charge is 0.494 e. The average molecular weight is 653 g/mol. The summed E-state index contributed by atoms with van der Waals surface area (Å²) >= 11 is 0. The van der Waals surface area contributed by atoms with Crippen LogP contribution in [0, 0.1) is 5.92 Å². The van der Waals surface area contributed by atoms with Crippen molar-refractivity contribution in [2.45, 2.75) is 90.0 Å². The van der Waals surface area contributed by atoms with E-state index >= 15 is 0 Å². The van der Waals surface area contributed by atoms with Gasteiger partial charge in [-0.05, 0) is 63.1 Å². The number of hydrogen-bond acceptors (Lipinski definition) is 9. The molecule has 250 valence electrons. The fraction of sp³-hybridized carbons (Fsp3) is 0.500. The van der Waals surface area contributed by atoms with Crippen LogP contribution in [-0.4, -0.2) is 70.7 Å². The van der Waals surface area contributed by atoms with E-state index in [-0.39, 0.29) is 18.3 Å². The van der Waals surface area contributed by atoms with Crippen LogP contribution in [0.2, 0.25) is 25.7 Å². The number of cyclic esters (lactones) is 1. The van der Waals surface area contributed by atoms with Crippen LogP contribution in [0.15, 0.2) is 60.7 Å². The monoisotopic (exact) mass is 652 g/mol. The molecule has 2 heterocycles. The van der Waals surface area contributed by atoms with Crippen LogP contribution in [0.1, 0.15) is 60.4 Å². The second kappa shape index (κ2) is 15.4. The smallest absolute Gasteiger partial charge is 0.342 e. The summed E-state index contributed by atoms with van der Waals surface area (Å²) in [4.78, 5) is 26.9. The molecule has 2 aromatic rings. The number of benzene rings is 2. The van der Waals surface area contributed by atoms with Gasteiger partial charge in [-0.3, -0.25) is 0 Å². The third-order valence-corrected chi connectivity index (χ3v) is 9.57. The summed E-state index contributed by atoms with van der Waals surface area (Å²) < 4.78 is 41.9. The first-order valence-corrected chi connectivity index (χ1v) is 19.6. The second-order valence-electron chi connectivity index (χ2n) is 13.5. The molecule has 2 aliphatic heterocycles. The third kappa shape index (κ3) is 9.78. The van der Waals surface area contributed by atoms with Crippen molar-refractivity contribution in [2.75, 3.05) is 20.5 Å². The van der Waals surface area contributed by atoms with Gasteiger partial charge in [-0.25, -0.2) is 9.59 Å². The molecule has 10 heteroatoms. The lowest BCUT2D eigenvalue weighted by atomic mass is 9.98. The average Bonchev–Trinajstić information content (AvgIpc) is 3.30. The molecule has 0 saturated carbocycles. The van der Waals surface area contributed by atoms with Gasteiger partial charge in [-0.1, -0.05) is 63.0 Å². The Kier molecular flexibility index (Phi) is 11.9. The molecule has 0 N–H and O–H groups in total. The molecule has 46 heavy (non-hydrogen) atoms. The van der Waals surface area contributed by atoms with E-state index in [1.807, 2.05) is 58.1 Å². The molecular formula is C36H48O9Si. The van der Waals surface area contributed by atoms with E-state index in [1.54, 1.807) is 36.4 Å². The first kappa shape index (κ1) is 35.4. The highest BCUT2D eigenvalue weighted by atomic mass is 28.3. The fourth-order valence-electron chi connectivity index (χ4n) is 5.17. The summed E-state index contributed by atoms with van der Waals surface area (Å²) in [7, 11) is 0.189. The van der Waals surface area contributed by atoms with E-state index in [0.29, 0.717) is 35.7 Å². The zero-order valence-electron chi connectivity index (χ0n) is 28.2. The fourth-order valence-corrected chi connectivity index (χ4v) is 5.88. The topological polar surface area (TPSA) is 98.8 Å². The molecule has 1 saturated heterocycles. The van der Waals surface area contributed by atoms with E-state index in [4.69, 9.17) is 33.2 Å². The van der Waals surface area contributed by atoms with Gasteiger partial charge in [0.2, 0.25) is 0 Å². The number of carbonyl (C=O) groups is 2. The van der Waals surface area contributed by atoms with Crippen LogP contribution in [0.5, 0.6) is 11.5 Å². The molecule has 2 aromatic carbocycles. The molecule has 0 aliphatic carbocycles. The summed E-state index contributed by atoms with van der Waals surface area (Å²) in [6.45, 7) is 14.8. The SMILES string of the molecule is COCOc1cc(OCC[Si](C)(C)C)cc2c1C(=O)OC(C)[C@H](C)/C=C\C(OC(=O)c1ccccc1)[C@H]1OC(C)(C)O[C@H]1C/C=C/2. The highest BCUT2D eigenvalue weighted by Crippen LogP contribution is 2.36. The van der Waals surface area contributed by atoms with Gasteiger partial charge in [0.1, 0.15) is 35.4 Å². The van der Waals surface area contributed by atoms with Crippen LogP contribution in [0.3, 0.4) is 0 Å². The Morgan fingerprint density at radius 3 is 2.46 bits per heavy atom. The molecule has 0 radical (unpaired) electrons. The van der Waals surface area contributed by atoms with Crippen molar-refractivity contribution in [3.8, 4) is 11.5 Å². The Balaban J connectivity index is 1.73. The lowest BCUT2D eigenvalue weighted by Crippen LogP contribution is -2.37. The molecule has 2 unspecified atom stereocenters. The summed E-state index contributed by atoms with van der Waals surface area (Å²) in [5.74, 6) is -1.24. The first-order chi connectivity index (χ1) is 21.8. The maximum atomic E-state index is 13.8. The number of hydrogen-bond donors (Lipinski definition) is 0. The molecule has 2 aliphatic rings. The van der Waals surface area contributed by atoms with Crippen molar-refractivity contribution in [1.82, 2.24) is 0 Å². The van der Waals surface area contributed by atoms with Gasteiger partial charge in [0.15, 0.2) is 12.6 Å². The minimum absolute atomic E-state index is 0.0520. The molecule has 0 aromatic heterocycles. The molecule has 9 nitrogen and oxygen atoms in total. The van der Waals surface area contributed by atoms with Crippen LogP contribution < -0.4 is 9.47 Å². The van der Waals surface area contributed by atoms with E-state index < -0.39 is 50.2 Å². The number of rotatable bonds is 9. The Labute approximate surface area is 273 Å². The maximum absolute atomic E-state index is 13.8. The lowest BCUT2D eigenvalue weighted by Gasteiger charge is -2.26. The van der Waals surface area contributed by atoms with Crippen molar-refractivity contribution in [3.63, 3.8) is 0 Å². The van der Waals surface area contributed by atoms with E-state index in [0.717, 1.165) is 6.04 Å². The van der Waals surface area contributed by atoms with Crippen molar-refractivity contribution < 1.29 is 42.7 Å². The zero-order chi connectivity index (χ0) is 33.5. The molecule has 1 fully saturated rings. The molecule has 0 bridgehead atoms. The Morgan fingerprint density at radius 2 is 1.76 bits per heavy atom. The van der Waals surface area contributed by atoms with Crippen molar-refractivity contribution in [2.24, 2.45) is 5.92 Å². The van der Waals surface area contributed by atoms with E-state index in [9.17, 15) is 9.59 Å². The lowest BCUT2D eigenvalue weighted by molar-refractivity contribution is -0.152. The van der Waals surface area contributed by atoms with Crippen LogP contribution in [0.25, 0.3) is 6.08 Å². The number of methoxy groups -OCH3 is 1. The van der Waals surface area contributed by atoms with Crippen molar-refractivity contribution >= 4 is 26.1 Å². The van der Waals surface area contributed by atoms with Gasteiger partial charge in [0, 0.05) is 27.2 Å². The summed E-state index contributed by atoms with van der Waals surface area (Å²) in [6.07, 6.45) is 5.54. The maximum Gasteiger partial charge on any atom is 0.342 e. The normalized spacial score (nSPS) is 26.1. The van der Waals surface area contributed by atoms with Crippen LogP contribution in [-0.2, 0) is 23.7 Å². The van der Waals surface area contributed by atoms with Crippen molar-refractivity contribution in [1.29, 1.82) is 0 Å². The Hall–Kier alpha value is -3.44.